The van der Waals surface area contributed by atoms with Gasteiger partial charge in [-0.3, -0.25) is 14.7 Å². The Hall–Kier alpha value is -4.29. The van der Waals surface area contributed by atoms with E-state index in [9.17, 15) is 24.9 Å². The van der Waals surface area contributed by atoms with Crippen LogP contribution < -0.4 is 21.5 Å². The number of benzene rings is 2. The van der Waals surface area contributed by atoms with E-state index in [0.29, 0.717) is 48.4 Å². The summed E-state index contributed by atoms with van der Waals surface area (Å²) in [5.74, 6) is -0.558. The second-order valence-electron chi connectivity index (χ2n) is 13.5. The summed E-state index contributed by atoms with van der Waals surface area (Å²) in [5.41, 5.74) is 13.4. The SMILES string of the molecule is NC(N)=NCCC[C@@H](NC(=O)c1cccc2c3c([nH]c12)[C@@H]1Oc2c(O)ccc4c2C12CCN(CC1CC1)C(C4)[C@]2(O)C3)C(=O)O. The number of ether oxygens (including phenoxy) is 1. The fourth-order valence-corrected chi connectivity index (χ4v) is 8.83. The van der Waals surface area contributed by atoms with Gasteiger partial charge in [-0.1, -0.05) is 18.2 Å². The van der Waals surface area contributed by atoms with Crippen molar-refractivity contribution in [3.8, 4) is 11.5 Å². The fourth-order valence-electron chi connectivity index (χ4n) is 8.83. The quantitative estimate of drug-likeness (QED) is 0.107. The largest absolute Gasteiger partial charge is 0.504 e. The molecule has 12 heteroatoms. The number of H-pyrrole nitrogens is 1. The van der Waals surface area contributed by atoms with Gasteiger partial charge in [-0.25, -0.2) is 4.79 Å². The van der Waals surface area contributed by atoms with Crippen LogP contribution in [0.1, 0.15) is 71.0 Å². The molecular weight excluding hydrogens is 576 g/mol. The summed E-state index contributed by atoms with van der Waals surface area (Å²) in [5, 5.41) is 37.3. The highest BCUT2D eigenvalue weighted by Crippen LogP contribution is 2.69. The number of aromatic nitrogens is 1. The van der Waals surface area contributed by atoms with Gasteiger partial charge in [-0.05, 0) is 74.2 Å². The third kappa shape index (κ3) is 4.01. The van der Waals surface area contributed by atoms with E-state index < -0.39 is 35.0 Å². The summed E-state index contributed by atoms with van der Waals surface area (Å²) in [7, 11) is 0. The van der Waals surface area contributed by atoms with E-state index in [1.165, 1.54) is 12.8 Å². The molecule has 2 aliphatic heterocycles. The van der Waals surface area contributed by atoms with Crippen molar-refractivity contribution in [2.45, 2.75) is 74.1 Å². The molecule has 12 nitrogen and oxygen atoms in total. The summed E-state index contributed by atoms with van der Waals surface area (Å²) >= 11 is 0. The van der Waals surface area contributed by atoms with Crippen molar-refractivity contribution in [3.63, 3.8) is 0 Å². The first-order valence-corrected chi connectivity index (χ1v) is 15.8. The van der Waals surface area contributed by atoms with E-state index in [0.717, 1.165) is 40.9 Å². The molecule has 1 aromatic heterocycles. The Morgan fingerprint density at radius 3 is 2.80 bits per heavy atom. The number of carboxylic acid groups (broad SMARTS) is 1. The van der Waals surface area contributed by atoms with Crippen LogP contribution in [0.3, 0.4) is 0 Å². The lowest BCUT2D eigenvalue weighted by molar-refractivity contribution is -0.173. The summed E-state index contributed by atoms with van der Waals surface area (Å²) in [6, 6.07) is 7.82. The van der Waals surface area contributed by atoms with Crippen LogP contribution in [0.4, 0.5) is 0 Å². The highest BCUT2D eigenvalue weighted by molar-refractivity contribution is 6.08. The monoisotopic (exact) mass is 614 g/mol. The van der Waals surface area contributed by atoms with Crippen molar-refractivity contribution in [1.82, 2.24) is 15.2 Å². The number of aliphatic hydroxyl groups is 1. The van der Waals surface area contributed by atoms with Gasteiger partial charge in [0.25, 0.3) is 5.91 Å². The number of amides is 1. The number of hydrogen-bond acceptors (Lipinski definition) is 7. The molecule has 9 N–H and O–H groups in total. The van der Waals surface area contributed by atoms with Crippen molar-refractivity contribution in [2.24, 2.45) is 22.4 Å². The Kier molecular flexibility index (Phi) is 6.18. The minimum absolute atomic E-state index is 0.0658. The molecule has 2 unspecified atom stereocenters. The van der Waals surface area contributed by atoms with Crippen molar-refractivity contribution >= 4 is 28.7 Å². The molecule has 45 heavy (non-hydrogen) atoms. The van der Waals surface area contributed by atoms with Gasteiger partial charge < -0.3 is 41.8 Å². The molecule has 1 amide bonds. The van der Waals surface area contributed by atoms with E-state index in [1.54, 1.807) is 18.2 Å². The third-order valence-electron chi connectivity index (χ3n) is 11.0. The molecule has 2 aromatic carbocycles. The minimum Gasteiger partial charge on any atom is -0.504 e. The predicted octanol–water partition coefficient (Wildman–Crippen LogP) is 1.81. The number of aromatic amines is 1. The average Bonchev–Trinajstić information content (AvgIpc) is 3.64. The average molecular weight is 615 g/mol. The molecular formula is C33H38N6O6. The van der Waals surface area contributed by atoms with Gasteiger partial charge in [-0.2, -0.15) is 0 Å². The molecule has 8 rings (SSSR count). The Morgan fingerprint density at radius 2 is 2.04 bits per heavy atom. The Morgan fingerprint density at radius 1 is 1.22 bits per heavy atom. The molecule has 3 aliphatic carbocycles. The number of likely N-dealkylation sites (tertiary alicyclic amines) is 1. The van der Waals surface area contributed by atoms with E-state index in [4.69, 9.17) is 16.2 Å². The number of nitrogens with zero attached hydrogens (tertiary/aromatic N) is 2. The van der Waals surface area contributed by atoms with Gasteiger partial charge in [-0.15, -0.1) is 0 Å². The number of guanidine groups is 1. The van der Waals surface area contributed by atoms with Gasteiger partial charge in [0, 0.05) is 36.5 Å². The zero-order chi connectivity index (χ0) is 31.2. The maximum atomic E-state index is 13.6. The molecule has 5 aliphatic rings. The number of aliphatic carboxylic acids is 1. The number of nitrogens with one attached hydrogen (secondary N) is 2. The van der Waals surface area contributed by atoms with Crippen LogP contribution in [0.2, 0.25) is 0 Å². The molecule has 3 aromatic rings. The first kappa shape index (κ1) is 28.2. The lowest BCUT2D eigenvalue weighted by atomic mass is 9.49. The van der Waals surface area contributed by atoms with E-state index in [-0.39, 0.29) is 30.7 Å². The predicted molar refractivity (Wildman–Crippen MR) is 165 cm³/mol. The van der Waals surface area contributed by atoms with Crippen molar-refractivity contribution in [2.75, 3.05) is 19.6 Å². The molecule has 236 valence electrons. The van der Waals surface area contributed by atoms with Gasteiger partial charge in [0.2, 0.25) is 0 Å². The standard InChI is InChI=1S/C33H38N6O6/c34-31(35)36-11-2-5-21(30(42)43)37-29(41)19-4-1-3-18-20-14-33(44)23-13-17-8-9-22(40)27-24(17)32(33,10-12-39(23)15-16-6-7-16)28(45-27)26(20)38-25(18)19/h1,3-4,8-9,16,21,23,28,38,40,44H,2,5-7,10-15H2,(H,37,41)(H,42,43)(H4,34,35,36)/t21-,23?,28+,32?,33-/m1/s1. The molecule has 3 heterocycles. The van der Waals surface area contributed by atoms with Crippen LogP contribution in [-0.4, -0.2) is 80.4 Å². The van der Waals surface area contributed by atoms with Crippen molar-refractivity contribution < 1.29 is 29.6 Å². The van der Waals surface area contributed by atoms with Crippen LogP contribution in [0.25, 0.3) is 10.9 Å². The van der Waals surface area contributed by atoms with Crippen LogP contribution in [-0.2, 0) is 23.1 Å². The Labute approximate surface area is 259 Å². The summed E-state index contributed by atoms with van der Waals surface area (Å²) in [6.45, 7) is 2.06. The number of fused-ring (bicyclic) bond motifs is 4. The van der Waals surface area contributed by atoms with Crippen LogP contribution in [0.5, 0.6) is 11.5 Å². The number of carbonyl (C=O) groups excluding carboxylic acids is 1. The number of piperidine rings is 1. The lowest BCUT2D eigenvalue weighted by Gasteiger charge is -2.62. The highest BCUT2D eigenvalue weighted by Gasteiger charge is 2.73. The zero-order valence-electron chi connectivity index (χ0n) is 24.9. The molecule has 0 radical (unpaired) electrons. The van der Waals surface area contributed by atoms with Crippen LogP contribution in [0, 0.1) is 5.92 Å². The van der Waals surface area contributed by atoms with E-state index in [1.807, 2.05) is 12.1 Å². The molecule has 1 spiro atoms. The first-order valence-electron chi connectivity index (χ1n) is 15.8. The minimum atomic E-state index is -1.15. The molecule has 5 atom stereocenters. The van der Waals surface area contributed by atoms with E-state index in [2.05, 4.69) is 20.2 Å². The smallest absolute Gasteiger partial charge is 0.326 e. The number of aliphatic imine (C=N–C) groups is 1. The summed E-state index contributed by atoms with van der Waals surface area (Å²) < 4.78 is 6.66. The number of carboxylic acids is 1. The number of nitrogens with two attached hydrogens (primary N) is 2. The first-order chi connectivity index (χ1) is 21.6. The van der Waals surface area contributed by atoms with Gasteiger partial charge in [0.05, 0.1) is 27.8 Å². The fraction of sp³-hybridized carbons (Fsp3) is 0.485. The van der Waals surface area contributed by atoms with Gasteiger partial charge >= 0.3 is 5.97 Å². The van der Waals surface area contributed by atoms with Crippen LogP contribution in [0.15, 0.2) is 35.3 Å². The normalized spacial score (nSPS) is 28.1. The van der Waals surface area contributed by atoms with E-state index >= 15 is 0 Å². The van der Waals surface area contributed by atoms with Crippen LogP contribution >= 0.6 is 0 Å². The molecule has 1 saturated carbocycles. The van der Waals surface area contributed by atoms with Crippen molar-refractivity contribution in [3.05, 3.63) is 58.3 Å². The summed E-state index contributed by atoms with van der Waals surface area (Å²) in [6.07, 6.45) is 4.14. The number of para-hydroxylation sites is 1. The number of aromatic hydroxyl groups is 1. The highest BCUT2D eigenvalue weighted by atomic mass is 16.5. The van der Waals surface area contributed by atoms with Gasteiger partial charge in [0.1, 0.15) is 6.04 Å². The number of hydrogen-bond donors (Lipinski definition) is 7. The topological polar surface area (TPSA) is 200 Å². The molecule has 2 fully saturated rings. The second-order valence-corrected chi connectivity index (χ2v) is 13.5. The summed E-state index contributed by atoms with van der Waals surface area (Å²) in [4.78, 5) is 35.5. The number of phenolic OH excluding ortho intramolecular Hbond substituents is 1. The third-order valence-corrected chi connectivity index (χ3v) is 11.0. The molecule has 2 bridgehead atoms. The number of rotatable bonds is 9. The number of phenols is 1. The number of carbonyl (C=O) groups is 2. The zero-order valence-corrected chi connectivity index (χ0v) is 24.9. The lowest BCUT2D eigenvalue weighted by Crippen LogP contribution is -2.74. The molecule has 1 saturated heterocycles. The maximum absolute atomic E-state index is 13.6. The Balaban J connectivity index is 1.20. The maximum Gasteiger partial charge on any atom is 0.326 e. The Bertz CT molecular complexity index is 1780. The second kappa shape index (κ2) is 9.85. The van der Waals surface area contributed by atoms with Gasteiger partial charge in [0.15, 0.2) is 23.6 Å². The van der Waals surface area contributed by atoms with Crippen molar-refractivity contribution in [1.29, 1.82) is 0 Å².